The number of carbonyl (C=O) groups excluding carboxylic acids is 2. The Labute approximate surface area is 268 Å². The Kier molecular flexibility index (Phi) is 11.7. The van der Waals surface area contributed by atoms with Gasteiger partial charge in [0.05, 0.1) is 31.3 Å². The van der Waals surface area contributed by atoms with Gasteiger partial charge >= 0.3 is 0 Å². The van der Waals surface area contributed by atoms with E-state index in [2.05, 4.69) is 10.2 Å². The quantitative estimate of drug-likeness (QED) is 0.299. The highest BCUT2D eigenvalue weighted by Gasteiger charge is 2.32. The van der Waals surface area contributed by atoms with Crippen LogP contribution in [0.15, 0.2) is 83.8 Å². The number of rotatable bonds is 13. The molecular weight excluding hydrogens is 615 g/mol. The first-order chi connectivity index (χ1) is 22.3. The van der Waals surface area contributed by atoms with E-state index in [9.17, 15) is 22.4 Å². The molecule has 1 N–H and O–H groups in total. The van der Waals surface area contributed by atoms with Crippen LogP contribution in [0.1, 0.15) is 17.2 Å². The third-order valence-corrected chi connectivity index (χ3v) is 9.80. The summed E-state index contributed by atoms with van der Waals surface area (Å²) in [6, 6.07) is 19.6. The molecule has 2 aliphatic heterocycles. The molecule has 0 aliphatic carbocycles. The van der Waals surface area contributed by atoms with Gasteiger partial charge in [-0.15, -0.1) is 0 Å². The number of hydrogen-bond acceptors (Lipinski definition) is 8. The summed E-state index contributed by atoms with van der Waals surface area (Å²) in [6.45, 7) is 4.73. The van der Waals surface area contributed by atoms with Gasteiger partial charge in [0.1, 0.15) is 17.6 Å². The van der Waals surface area contributed by atoms with Gasteiger partial charge in [-0.1, -0.05) is 42.5 Å². The van der Waals surface area contributed by atoms with E-state index in [1.165, 1.54) is 45.6 Å². The van der Waals surface area contributed by atoms with E-state index in [1.807, 2.05) is 6.07 Å². The molecule has 3 aromatic carbocycles. The number of hydrogen-bond donors (Lipinski definition) is 1. The Morgan fingerprint density at radius 1 is 0.870 bits per heavy atom. The van der Waals surface area contributed by atoms with Gasteiger partial charge < -0.3 is 24.4 Å². The second-order valence-electron chi connectivity index (χ2n) is 11.0. The highest BCUT2D eigenvalue weighted by Crippen LogP contribution is 2.25. The lowest BCUT2D eigenvalue weighted by Gasteiger charge is -2.32. The molecule has 0 radical (unpaired) electrons. The number of nitrogens with zero attached hydrogens (tertiary/aromatic N) is 3. The number of morpholine rings is 2. The zero-order chi connectivity index (χ0) is 32.4. The molecule has 0 aromatic heterocycles. The fourth-order valence-electron chi connectivity index (χ4n) is 5.35. The first-order valence-electron chi connectivity index (χ1n) is 15.3. The maximum Gasteiger partial charge on any atom is 0.261 e. The molecule has 0 spiro atoms. The third kappa shape index (κ3) is 8.89. The Morgan fingerprint density at radius 2 is 1.50 bits per heavy atom. The molecule has 3 aromatic rings. The first-order valence-corrected chi connectivity index (χ1v) is 16.7. The second-order valence-corrected chi connectivity index (χ2v) is 12.9. The van der Waals surface area contributed by atoms with E-state index in [0.29, 0.717) is 56.4 Å². The van der Waals surface area contributed by atoms with E-state index in [4.69, 9.17) is 14.2 Å². The van der Waals surface area contributed by atoms with Crippen LogP contribution in [0, 0.1) is 5.82 Å². The minimum atomic E-state index is -3.69. The standard InChI is InChI=1S/C33H39FN4O7S/c34-28-8-6-26(7-9-28)24-38(32(27-4-2-1-3-5-27)33(40)35-14-15-36-16-20-43-21-17-36)31(39)25-45-29-10-12-30(13-11-29)46(41,42)37-18-22-44-23-19-37/h1-13,32H,14-25H2,(H,35,40). The van der Waals surface area contributed by atoms with Crippen LogP contribution in [0.25, 0.3) is 0 Å². The summed E-state index contributed by atoms with van der Waals surface area (Å²) >= 11 is 0. The highest BCUT2D eigenvalue weighted by molar-refractivity contribution is 7.89. The van der Waals surface area contributed by atoms with Crippen LogP contribution in [0.2, 0.25) is 0 Å². The van der Waals surface area contributed by atoms with Crippen LogP contribution in [0.5, 0.6) is 5.75 Å². The van der Waals surface area contributed by atoms with Crippen molar-refractivity contribution in [1.29, 1.82) is 0 Å². The van der Waals surface area contributed by atoms with Gasteiger partial charge in [0.15, 0.2) is 6.61 Å². The van der Waals surface area contributed by atoms with Crippen molar-refractivity contribution in [1.82, 2.24) is 19.4 Å². The molecule has 13 heteroatoms. The van der Waals surface area contributed by atoms with Gasteiger partial charge in [-0.2, -0.15) is 4.31 Å². The molecule has 2 amide bonds. The lowest BCUT2D eigenvalue weighted by atomic mass is 10.0. The number of halogens is 1. The van der Waals surface area contributed by atoms with Gasteiger partial charge in [-0.05, 0) is 47.5 Å². The summed E-state index contributed by atoms with van der Waals surface area (Å²) < 4.78 is 57.5. The summed E-state index contributed by atoms with van der Waals surface area (Å²) in [7, 11) is -3.69. The normalized spacial score (nSPS) is 16.8. The van der Waals surface area contributed by atoms with E-state index < -0.39 is 34.4 Å². The molecule has 1 atom stereocenters. The Bertz CT molecular complexity index is 1530. The number of sulfonamides is 1. The van der Waals surface area contributed by atoms with Crippen LogP contribution in [0.4, 0.5) is 4.39 Å². The molecule has 5 rings (SSSR count). The van der Waals surface area contributed by atoms with Gasteiger partial charge in [-0.3, -0.25) is 14.5 Å². The van der Waals surface area contributed by atoms with Crippen molar-refractivity contribution < 1.29 is 36.6 Å². The van der Waals surface area contributed by atoms with Crippen LogP contribution in [-0.4, -0.2) is 107 Å². The van der Waals surface area contributed by atoms with Crippen LogP contribution < -0.4 is 10.1 Å². The van der Waals surface area contributed by atoms with Crippen LogP contribution in [0.3, 0.4) is 0 Å². The van der Waals surface area contributed by atoms with Crippen molar-refractivity contribution in [2.75, 3.05) is 72.3 Å². The van der Waals surface area contributed by atoms with Crippen molar-refractivity contribution in [3.8, 4) is 5.75 Å². The second kappa shape index (κ2) is 16.1. The van der Waals surface area contributed by atoms with Gasteiger partial charge in [0.2, 0.25) is 15.9 Å². The van der Waals surface area contributed by atoms with Crippen molar-refractivity contribution in [3.63, 3.8) is 0 Å². The maximum absolute atomic E-state index is 13.9. The summed E-state index contributed by atoms with van der Waals surface area (Å²) in [5, 5.41) is 3.00. The lowest BCUT2D eigenvalue weighted by Crippen LogP contribution is -2.47. The molecule has 0 bridgehead atoms. The van der Waals surface area contributed by atoms with Gasteiger partial charge in [0, 0.05) is 45.8 Å². The number of carbonyl (C=O) groups is 2. The van der Waals surface area contributed by atoms with Crippen LogP contribution >= 0.6 is 0 Å². The molecule has 246 valence electrons. The number of ether oxygens (including phenoxy) is 3. The molecular formula is C33H39FN4O7S. The van der Waals surface area contributed by atoms with E-state index in [1.54, 1.807) is 36.4 Å². The Balaban J connectivity index is 1.32. The summed E-state index contributed by atoms with van der Waals surface area (Å²) in [5.74, 6) is -0.953. The number of benzene rings is 3. The van der Waals surface area contributed by atoms with Crippen molar-refractivity contribution >= 4 is 21.8 Å². The first kappa shape index (κ1) is 33.5. The average molecular weight is 655 g/mol. The topological polar surface area (TPSA) is 118 Å². The number of amides is 2. The molecule has 0 saturated carbocycles. The minimum absolute atomic E-state index is 0.0235. The predicted octanol–water partition coefficient (Wildman–Crippen LogP) is 2.44. The van der Waals surface area contributed by atoms with Crippen molar-refractivity contribution in [3.05, 3.63) is 95.8 Å². The monoisotopic (exact) mass is 654 g/mol. The lowest BCUT2D eigenvalue weighted by molar-refractivity contribution is -0.143. The third-order valence-electron chi connectivity index (χ3n) is 7.89. The van der Waals surface area contributed by atoms with E-state index in [0.717, 1.165) is 13.1 Å². The molecule has 2 saturated heterocycles. The van der Waals surface area contributed by atoms with Gasteiger partial charge in [-0.25, -0.2) is 12.8 Å². The summed E-state index contributed by atoms with van der Waals surface area (Å²) in [6.07, 6.45) is 0. The SMILES string of the molecule is O=C(NCCN1CCOCC1)C(c1ccccc1)N(Cc1ccc(F)cc1)C(=O)COc1ccc(S(=O)(=O)N2CCOCC2)cc1. The molecule has 2 aliphatic rings. The Morgan fingerprint density at radius 3 is 2.15 bits per heavy atom. The largest absolute Gasteiger partial charge is 0.484 e. The fraction of sp³-hybridized carbons (Fsp3) is 0.394. The zero-order valence-electron chi connectivity index (χ0n) is 25.6. The molecule has 2 heterocycles. The van der Waals surface area contributed by atoms with E-state index >= 15 is 0 Å². The van der Waals surface area contributed by atoms with Crippen molar-refractivity contribution in [2.24, 2.45) is 0 Å². The fourth-order valence-corrected chi connectivity index (χ4v) is 6.76. The average Bonchev–Trinajstić information content (AvgIpc) is 3.09. The highest BCUT2D eigenvalue weighted by atomic mass is 32.2. The van der Waals surface area contributed by atoms with E-state index in [-0.39, 0.29) is 30.4 Å². The molecule has 2 fully saturated rings. The summed E-state index contributed by atoms with van der Waals surface area (Å²) in [4.78, 5) is 31.4. The smallest absolute Gasteiger partial charge is 0.261 e. The zero-order valence-corrected chi connectivity index (χ0v) is 26.4. The minimum Gasteiger partial charge on any atom is -0.484 e. The predicted molar refractivity (Wildman–Crippen MR) is 168 cm³/mol. The molecule has 11 nitrogen and oxygen atoms in total. The number of nitrogens with one attached hydrogen (secondary N) is 1. The van der Waals surface area contributed by atoms with Crippen molar-refractivity contribution in [2.45, 2.75) is 17.5 Å². The van der Waals surface area contributed by atoms with Crippen LogP contribution in [-0.2, 0) is 35.6 Å². The summed E-state index contributed by atoms with van der Waals surface area (Å²) in [5.41, 5.74) is 1.24. The molecule has 1 unspecified atom stereocenters. The van der Waals surface area contributed by atoms with Gasteiger partial charge in [0.25, 0.3) is 5.91 Å². The maximum atomic E-state index is 13.9. The molecule has 46 heavy (non-hydrogen) atoms. The Hall–Kier alpha value is -3.88.